The van der Waals surface area contributed by atoms with Crippen LogP contribution in [0.5, 0.6) is 0 Å². The molecule has 0 amide bonds. The molecular formula is C8H10O4P2. The molecule has 6 heteroatoms. The molecule has 76 valence electrons. The van der Waals surface area contributed by atoms with E-state index in [0.29, 0.717) is 8.43 Å². The van der Waals surface area contributed by atoms with Gasteiger partial charge in [-0.2, -0.15) is 0 Å². The predicted molar refractivity (Wildman–Crippen MR) is 56.2 cm³/mol. The molecular weight excluding hydrogens is 222 g/mol. The fraction of sp³-hybridized carbons (Fsp3) is 0. The minimum absolute atomic E-state index is 0.121. The van der Waals surface area contributed by atoms with Crippen molar-refractivity contribution in [3.05, 3.63) is 48.9 Å². The van der Waals surface area contributed by atoms with Crippen LogP contribution < -0.4 is 0 Å². The molecule has 0 bridgehead atoms. The molecule has 2 aromatic heterocycles. The SMILES string of the molecule is c1cc[pH]ooc1.c1cco[pH]oc1. The molecule has 0 radical (unpaired) electrons. The van der Waals surface area contributed by atoms with Gasteiger partial charge in [0.05, 0.1) is 21.0 Å². The average Bonchev–Trinajstić information content (AvgIpc) is 2.68. The predicted octanol–water partition coefficient (Wildman–Crippen LogP) is 4.06. The Hall–Kier alpha value is -1.24. The summed E-state index contributed by atoms with van der Waals surface area (Å²) in [6, 6.07) is 7.21. The highest BCUT2D eigenvalue weighted by Gasteiger charge is 1.60. The van der Waals surface area contributed by atoms with Crippen molar-refractivity contribution >= 4 is 17.1 Å². The van der Waals surface area contributed by atoms with Gasteiger partial charge < -0.3 is 8.39 Å². The minimum atomic E-state index is 0.121. The summed E-state index contributed by atoms with van der Waals surface area (Å²) >= 11 is 0. The Labute approximate surface area is 83.9 Å². The Morgan fingerprint density at radius 2 is 1.50 bits per heavy atom. The van der Waals surface area contributed by atoms with Crippen molar-refractivity contribution in [2.45, 2.75) is 0 Å². The smallest absolute Gasteiger partial charge is 0.200 e. The van der Waals surface area contributed by atoms with Crippen molar-refractivity contribution in [2.75, 3.05) is 0 Å². The summed E-state index contributed by atoms with van der Waals surface area (Å²) in [7, 11) is 0.451. The van der Waals surface area contributed by atoms with Gasteiger partial charge in [0, 0.05) is 0 Å². The van der Waals surface area contributed by atoms with Crippen LogP contribution in [0.4, 0.5) is 0 Å². The summed E-state index contributed by atoms with van der Waals surface area (Å²) in [4.78, 5) is 0. The van der Waals surface area contributed by atoms with Gasteiger partial charge in [0.1, 0.15) is 6.26 Å². The van der Waals surface area contributed by atoms with Gasteiger partial charge in [-0.15, -0.1) is 0 Å². The van der Waals surface area contributed by atoms with Crippen LogP contribution in [0.1, 0.15) is 0 Å². The Morgan fingerprint density at radius 1 is 0.786 bits per heavy atom. The van der Waals surface area contributed by atoms with E-state index in [0.717, 1.165) is 0 Å². The van der Waals surface area contributed by atoms with Gasteiger partial charge >= 0.3 is 0 Å². The first-order chi connectivity index (χ1) is 7.00. The van der Waals surface area contributed by atoms with Crippen LogP contribution in [0.15, 0.2) is 66.2 Å². The van der Waals surface area contributed by atoms with Gasteiger partial charge in [0.15, 0.2) is 8.67 Å². The van der Waals surface area contributed by atoms with Crippen molar-refractivity contribution in [3.8, 4) is 0 Å². The first-order valence-corrected chi connectivity index (χ1v) is 5.58. The summed E-state index contributed by atoms with van der Waals surface area (Å²) < 4.78 is 18.5. The topological polar surface area (TPSA) is 52.6 Å². The van der Waals surface area contributed by atoms with E-state index >= 15 is 0 Å². The van der Waals surface area contributed by atoms with Gasteiger partial charge in [-0.1, -0.05) is 6.07 Å². The van der Waals surface area contributed by atoms with Crippen LogP contribution in [0.3, 0.4) is 0 Å². The lowest BCUT2D eigenvalue weighted by Crippen LogP contribution is -1.31. The van der Waals surface area contributed by atoms with Gasteiger partial charge in [0.25, 0.3) is 0 Å². The minimum Gasteiger partial charge on any atom is -0.430 e. The molecule has 0 saturated heterocycles. The fourth-order valence-corrected chi connectivity index (χ4v) is 1.19. The summed E-state index contributed by atoms with van der Waals surface area (Å²) in [5.74, 6) is 1.89. The van der Waals surface area contributed by atoms with Gasteiger partial charge in [-0.25, -0.2) is 0 Å². The largest absolute Gasteiger partial charge is 0.430 e. The van der Waals surface area contributed by atoms with Crippen molar-refractivity contribution in [1.82, 2.24) is 0 Å². The highest BCUT2D eigenvalue weighted by molar-refractivity contribution is 7.21. The van der Waals surface area contributed by atoms with Crippen LogP contribution in [0.25, 0.3) is 0 Å². The Kier molecular flexibility index (Phi) is 6.47. The Morgan fingerprint density at radius 3 is 2.29 bits per heavy atom. The van der Waals surface area contributed by atoms with E-state index < -0.39 is 0 Å². The van der Waals surface area contributed by atoms with Crippen molar-refractivity contribution in [3.63, 3.8) is 0 Å². The second-order valence-electron chi connectivity index (χ2n) is 1.96. The summed E-state index contributed by atoms with van der Waals surface area (Å²) in [5.41, 5.74) is 0. The highest BCUT2D eigenvalue weighted by Crippen LogP contribution is 1.97. The lowest BCUT2D eigenvalue weighted by Gasteiger charge is -1.62. The monoisotopic (exact) mass is 232 g/mol. The maximum Gasteiger partial charge on any atom is 0.200 e. The zero-order valence-corrected chi connectivity index (χ0v) is 9.25. The first kappa shape index (κ1) is 10.8. The second-order valence-corrected chi connectivity index (χ2v) is 3.33. The lowest BCUT2D eigenvalue weighted by atomic mass is 10.7. The molecule has 0 saturated carbocycles. The van der Waals surface area contributed by atoms with E-state index in [1.807, 2.05) is 11.9 Å². The molecule has 1 atom stereocenters. The third-order valence-corrected chi connectivity index (χ3v) is 1.99. The zero-order chi connectivity index (χ0) is 9.90. The standard InChI is InChI=1S/2C4H5O2P/c1-2-4-7-6-5-3-1;1-2-4-6-7-5-3-1/h2*1-4,7H. The number of hydrogen-bond acceptors (Lipinski definition) is 4. The third-order valence-electron chi connectivity index (χ3n) is 1.01. The first-order valence-electron chi connectivity index (χ1n) is 3.77. The summed E-state index contributed by atoms with van der Waals surface area (Å²) in [6.45, 7) is 0. The summed E-state index contributed by atoms with van der Waals surface area (Å²) in [6.07, 6.45) is 4.69. The molecule has 4 nitrogen and oxygen atoms in total. The zero-order valence-electron chi connectivity index (χ0n) is 7.25. The molecule has 14 heavy (non-hydrogen) atoms. The van der Waals surface area contributed by atoms with E-state index in [9.17, 15) is 0 Å². The molecule has 0 spiro atoms. The third kappa shape index (κ3) is 6.30. The maximum absolute atomic E-state index is 4.76. The Balaban J connectivity index is 0.000000140. The average molecular weight is 232 g/mol. The molecule has 0 N–H and O–H groups in total. The number of hydrogen-bond donors (Lipinski definition) is 0. The van der Waals surface area contributed by atoms with E-state index in [2.05, 4.69) is 8.93 Å². The molecule has 2 rings (SSSR count). The fourth-order valence-electron chi connectivity index (χ4n) is 0.508. The molecule has 1 unspecified atom stereocenters. The molecule has 0 aromatic carbocycles. The van der Waals surface area contributed by atoms with E-state index in [4.69, 9.17) is 8.39 Å². The van der Waals surface area contributed by atoms with Crippen LogP contribution >= 0.6 is 17.1 Å². The molecule has 0 aliphatic heterocycles. The van der Waals surface area contributed by atoms with E-state index in [1.165, 1.54) is 6.26 Å². The highest BCUT2D eigenvalue weighted by atomic mass is 31.1. The molecule has 2 heterocycles. The van der Waals surface area contributed by atoms with Gasteiger partial charge in [-0.05, 0) is 24.0 Å². The van der Waals surface area contributed by atoms with Crippen molar-refractivity contribution < 1.29 is 17.3 Å². The molecule has 2 aromatic rings. The van der Waals surface area contributed by atoms with Crippen LogP contribution in [-0.4, -0.2) is 0 Å². The normalized spacial score (nSPS) is 8.57. The van der Waals surface area contributed by atoms with E-state index in [-0.39, 0.29) is 8.67 Å². The quantitative estimate of drug-likeness (QED) is 0.642. The van der Waals surface area contributed by atoms with E-state index in [1.54, 1.807) is 30.7 Å². The van der Waals surface area contributed by atoms with Gasteiger partial charge in [-0.3, -0.25) is 8.93 Å². The Bertz CT molecular complexity index is 232. The van der Waals surface area contributed by atoms with Crippen LogP contribution in [0.2, 0.25) is 0 Å². The van der Waals surface area contributed by atoms with Crippen molar-refractivity contribution in [1.29, 1.82) is 0 Å². The molecule has 0 aliphatic rings. The lowest BCUT2D eigenvalue weighted by molar-refractivity contribution is 0.102. The van der Waals surface area contributed by atoms with Crippen LogP contribution in [-0.2, 0) is 0 Å². The van der Waals surface area contributed by atoms with Gasteiger partial charge in [0.2, 0.25) is 0 Å². The molecule has 0 aliphatic carbocycles. The molecule has 0 fully saturated rings. The maximum atomic E-state index is 4.76. The second kappa shape index (κ2) is 8.36. The summed E-state index contributed by atoms with van der Waals surface area (Å²) in [5, 5.41) is 0. The number of rotatable bonds is 0. The van der Waals surface area contributed by atoms with Crippen molar-refractivity contribution in [2.24, 2.45) is 0 Å². The van der Waals surface area contributed by atoms with Crippen LogP contribution in [0, 0.1) is 0 Å².